The lowest BCUT2D eigenvalue weighted by Crippen LogP contribution is -2.21. The van der Waals surface area contributed by atoms with Gasteiger partial charge in [-0.3, -0.25) is 0 Å². The third kappa shape index (κ3) is 4.03. The number of hydrogen-bond donors (Lipinski definition) is 1. The highest BCUT2D eigenvalue weighted by Gasteiger charge is 2.04. The van der Waals surface area contributed by atoms with Crippen molar-refractivity contribution in [3.05, 3.63) is 42.7 Å². The Balaban J connectivity index is 1.99. The Morgan fingerprint density at radius 2 is 1.84 bits per heavy atom. The van der Waals surface area contributed by atoms with E-state index in [1.165, 1.54) is 0 Å². The summed E-state index contributed by atoms with van der Waals surface area (Å²) >= 11 is 0. The number of nitrogens with zero attached hydrogens (tertiary/aromatic N) is 2. The minimum atomic E-state index is 0.242. The van der Waals surface area contributed by atoms with E-state index in [1.54, 1.807) is 12.4 Å². The molecule has 0 aliphatic carbocycles. The molecule has 1 aromatic heterocycles. The van der Waals surface area contributed by atoms with Crippen molar-refractivity contribution in [3.8, 4) is 11.4 Å². The molecule has 0 aliphatic heterocycles. The monoisotopic (exact) mass is 257 g/mol. The van der Waals surface area contributed by atoms with Gasteiger partial charge in [0.25, 0.3) is 0 Å². The predicted molar refractivity (Wildman–Crippen MR) is 77.0 cm³/mol. The molecule has 0 saturated carbocycles. The van der Waals surface area contributed by atoms with Crippen molar-refractivity contribution in [2.75, 3.05) is 18.5 Å². The lowest BCUT2D eigenvalue weighted by molar-refractivity contribution is 0.141. The third-order valence-electron chi connectivity index (χ3n) is 2.67. The molecule has 19 heavy (non-hydrogen) atoms. The van der Waals surface area contributed by atoms with Crippen LogP contribution < -0.4 is 5.32 Å². The highest BCUT2D eigenvalue weighted by Crippen LogP contribution is 2.15. The van der Waals surface area contributed by atoms with Gasteiger partial charge in [-0.25, -0.2) is 9.97 Å². The van der Waals surface area contributed by atoms with Gasteiger partial charge in [-0.1, -0.05) is 30.3 Å². The Bertz CT molecular complexity index is 485. The number of anilines is 1. The van der Waals surface area contributed by atoms with Crippen molar-refractivity contribution in [1.29, 1.82) is 0 Å². The van der Waals surface area contributed by atoms with Crippen LogP contribution in [-0.4, -0.2) is 29.2 Å². The van der Waals surface area contributed by atoms with Crippen LogP contribution >= 0.6 is 0 Å². The van der Waals surface area contributed by atoms with Crippen LogP contribution in [0.4, 0.5) is 5.69 Å². The summed E-state index contributed by atoms with van der Waals surface area (Å²) in [6.07, 6.45) is 3.61. The molecule has 0 amide bonds. The molecule has 0 bridgehead atoms. The summed E-state index contributed by atoms with van der Waals surface area (Å²) in [7, 11) is 0. The zero-order valence-corrected chi connectivity index (χ0v) is 11.3. The zero-order valence-electron chi connectivity index (χ0n) is 11.3. The Morgan fingerprint density at radius 3 is 2.47 bits per heavy atom. The first-order valence-electron chi connectivity index (χ1n) is 6.51. The average molecular weight is 257 g/mol. The van der Waals surface area contributed by atoms with E-state index in [-0.39, 0.29) is 6.04 Å². The van der Waals surface area contributed by atoms with Crippen LogP contribution in [0.1, 0.15) is 13.8 Å². The largest absolute Gasteiger partial charge is 0.380 e. The summed E-state index contributed by atoms with van der Waals surface area (Å²) in [6.45, 7) is 5.47. The molecule has 4 nitrogen and oxygen atoms in total. The van der Waals surface area contributed by atoms with Crippen molar-refractivity contribution in [3.63, 3.8) is 0 Å². The summed E-state index contributed by atoms with van der Waals surface area (Å²) in [4.78, 5) is 8.74. The second-order valence-corrected chi connectivity index (χ2v) is 4.37. The second-order valence-electron chi connectivity index (χ2n) is 4.37. The van der Waals surface area contributed by atoms with Gasteiger partial charge in [0.15, 0.2) is 5.82 Å². The molecule has 0 saturated heterocycles. The van der Waals surface area contributed by atoms with Gasteiger partial charge in [0, 0.05) is 18.2 Å². The summed E-state index contributed by atoms with van der Waals surface area (Å²) in [6, 6.07) is 10.2. The van der Waals surface area contributed by atoms with Crippen LogP contribution in [0.5, 0.6) is 0 Å². The normalized spacial score (nSPS) is 12.1. The van der Waals surface area contributed by atoms with Crippen molar-refractivity contribution in [2.45, 2.75) is 19.9 Å². The molecule has 2 rings (SSSR count). The first-order chi connectivity index (χ1) is 9.29. The van der Waals surface area contributed by atoms with Crippen LogP contribution in [0, 0.1) is 0 Å². The topological polar surface area (TPSA) is 47.0 Å². The molecule has 0 fully saturated rings. The first-order valence-corrected chi connectivity index (χ1v) is 6.51. The molecule has 100 valence electrons. The van der Waals surface area contributed by atoms with Crippen LogP contribution in [0.15, 0.2) is 42.7 Å². The predicted octanol–water partition coefficient (Wildman–Crippen LogP) is 2.98. The molecule has 1 aromatic carbocycles. The van der Waals surface area contributed by atoms with E-state index in [2.05, 4.69) is 22.2 Å². The maximum atomic E-state index is 5.36. The van der Waals surface area contributed by atoms with Gasteiger partial charge in [-0.15, -0.1) is 0 Å². The van der Waals surface area contributed by atoms with Gasteiger partial charge in [-0.2, -0.15) is 0 Å². The number of benzene rings is 1. The van der Waals surface area contributed by atoms with Crippen LogP contribution in [-0.2, 0) is 4.74 Å². The summed E-state index contributed by atoms with van der Waals surface area (Å²) in [5, 5.41) is 3.31. The Labute approximate surface area is 113 Å². The average Bonchev–Trinajstić information content (AvgIpc) is 2.47. The Morgan fingerprint density at radius 1 is 1.16 bits per heavy atom. The fraction of sp³-hybridized carbons (Fsp3) is 0.333. The van der Waals surface area contributed by atoms with E-state index >= 15 is 0 Å². The number of hydrogen-bond acceptors (Lipinski definition) is 4. The molecule has 0 aliphatic rings. The third-order valence-corrected chi connectivity index (χ3v) is 2.67. The van der Waals surface area contributed by atoms with Crippen molar-refractivity contribution in [1.82, 2.24) is 9.97 Å². The molecule has 1 atom stereocenters. The fourth-order valence-electron chi connectivity index (χ4n) is 1.76. The minimum absolute atomic E-state index is 0.242. The lowest BCUT2D eigenvalue weighted by Gasteiger charge is -2.14. The maximum absolute atomic E-state index is 5.36. The highest BCUT2D eigenvalue weighted by atomic mass is 16.5. The molecule has 2 aromatic rings. The van der Waals surface area contributed by atoms with Crippen molar-refractivity contribution in [2.24, 2.45) is 0 Å². The summed E-state index contributed by atoms with van der Waals surface area (Å²) in [5.41, 5.74) is 1.93. The zero-order chi connectivity index (χ0) is 13.5. The van der Waals surface area contributed by atoms with E-state index in [1.807, 2.05) is 37.3 Å². The smallest absolute Gasteiger partial charge is 0.159 e. The molecule has 1 heterocycles. The maximum Gasteiger partial charge on any atom is 0.159 e. The van der Waals surface area contributed by atoms with E-state index in [0.29, 0.717) is 6.61 Å². The second kappa shape index (κ2) is 6.85. The number of aromatic nitrogens is 2. The van der Waals surface area contributed by atoms with E-state index in [9.17, 15) is 0 Å². The Hall–Kier alpha value is -1.94. The molecule has 1 N–H and O–H groups in total. The van der Waals surface area contributed by atoms with Crippen LogP contribution in [0.3, 0.4) is 0 Å². The van der Waals surface area contributed by atoms with Crippen LogP contribution in [0.2, 0.25) is 0 Å². The minimum Gasteiger partial charge on any atom is -0.380 e. The number of nitrogens with one attached hydrogen (secondary N) is 1. The van der Waals surface area contributed by atoms with Gasteiger partial charge >= 0.3 is 0 Å². The first kappa shape index (κ1) is 13.5. The number of ether oxygens (including phenoxy) is 1. The van der Waals surface area contributed by atoms with Gasteiger partial charge in [0.05, 0.1) is 24.7 Å². The fourth-order valence-corrected chi connectivity index (χ4v) is 1.76. The molecule has 0 radical (unpaired) electrons. The Kier molecular flexibility index (Phi) is 4.86. The van der Waals surface area contributed by atoms with Gasteiger partial charge in [-0.05, 0) is 13.8 Å². The van der Waals surface area contributed by atoms with Gasteiger partial charge in [0.1, 0.15) is 0 Å². The van der Waals surface area contributed by atoms with Crippen LogP contribution in [0.25, 0.3) is 11.4 Å². The molecular weight excluding hydrogens is 238 g/mol. The molecule has 0 spiro atoms. The summed E-state index contributed by atoms with van der Waals surface area (Å²) < 4.78 is 5.36. The SMILES string of the molecule is CCOCC(C)Nc1cnc(-c2ccccc2)nc1. The summed E-state index contributed by atoms with van der Waals surface area (Å²) in [5.74, 6) is 0.739. The van der Waals surface area contributed by atoms with Crippen molar-refractivity contribution < 1.29 is 4.74 Å². The molecule has 1 unspecified atom stereocenters. The number of rotatable bonds is 6. The van der Waals surface area contributed by atoms with E-state index in [4.69, 9.17) is 4.74 Å². The van der Waals surface area contributed by atoms with Crippen molar-refractivity contribution >= 4 is 5.69 Å². The highest BCUT2D eigenvalue weighted by molar-refractivity contribution is 5.55. The van der Waals surface area contributed by atoms with Gasteiger partial charge in [0.2, 0.25) is 0 Å². The quantitative estimate of drug-likeness (QED) is 0.864. The van der Waals surface area contributed by atoms with E-state index in [0.717, 1.165) is 23.7 Å². The lowest BCUT2D eigenvalue weighted by atomic mass is 10.2. The molecular formula is C15H19N3O. The van der Waals surface area contributed by atoms with Gasteiger partial charge < -0.3 is 10.1 Å². The standard InChI is InChI=1S/C15H19N3O/c1-3-19-11-12(2)18-14-9-16-15(17-10-14)13-7-5-4-6-8-13/h4-10,12,18H,3,11H2,1-2H3. The molecule has 4 heteroatoms. The van der Waals surface area contributed by atoms with E-state index < -0.39 is 0 Å².